The molecule has 0 aromatic rings. The molecular formula is C7H9F2NO2. The summed E-state index contributed by atoms with van der Waals surface area (Å²) in [5.74, 6) is -5.31. The van der Waals surface area contributed by atoms with Crippen molar-refractivity contribution in [2.24, 2.45) is 11.3 Å². The third-order valence-electron chi connectivity index (χ3n) is 2.94. The summed E-state index contributed by atoms with van der Waals surface area (Å²) in [6.07, 6.45) is 0.263. The second kappa shape index (κ2) is 1.96. The summed E-state index contributed by atoms with van der Waals surface area (Å²) in [6, 6.07) is 0. The van der Waals surface area contributed by atoms with E-state index in [2.05, 4.69) is 5.32 Å². The predicted molar refractivity (Wildman–Crippen MR) is 36.0 cm³/mol. The van der Waals surface area contributed by atoms with Crippen molar-refractivity contribution in [3.8, 4) is 0 Å². The lowest BCUT2D eigenvalue weighted by molar-refractivity contribution is -0.147. The molecule has 0 aromatic carbocycles. The average molecular weight is 177 g/mol. The van der Waals surface area contributed by atoms with Crippen molar-refractivity contribution in [1.29, 1.82) is 0 Å². The van der Waals surface area contributed by atoms with Crippen LogP contribution in [-0.2, 0) is 4.79 Å². The van der Waals surface area contributed by atoms with Crippen LogP contribution >= 0.6 is 0 Å². The number of carboxylic acid groups (broad SMARTS) is 1. The molecule has 0 spiro atoms. The quantitative estimate of drug-likeness (QED) is 0.606. The Morgan fingerprint density at radius 3 is 2.67 bits per heavy atom. The van der Waals surface area contributed by atoms with Crippen molar-refractivity contribution in [1.82, 2.24) is 5.32 Å². The summed E-state index contributed by atoms with van der Waals surface area (Å²) in [6.45, 7) is 0.398. The largest absolute Gasteiger partial charge is 0.481 e. The molecule has 0 radical (unpaired) electrons. The molecule has 0 aromatic heterocycles. The monoisotopic (exact) mass is 177 g/mol. The van der Waals surface area contributed by atoms with Gasteiger partial charge in [-0.2, -0.15) is 0 Å². The van der Waals surface area contributed by atoms with Gasteiger partial charge in [-0.25, -0.2) is 8.78 Å². The van der Waals surface area contributed by atoms with Gasteiger partial charge in [-0.05, 0) is 13.0 Å². The standard InChI is InChI=1S/C7H9F2NO2/c8-7(9)4-1-2-10-3-6(4,7)5(11)12/h4,10H,1-3H2,(H,11,12)/t4-,6-/m0/s1. The molecule has 1 aliphatic heterocycles. The number of halogens is 2. The number of nitrogens with one attached hydrogen (secondary N) is 1. The van der Waals surface area contributed by atoms with E-state index in [1.165, 1.54) is 0 Å². The van der Waals surface area contributed by atoms with Gasteiger partial charge in [0.15, 0.2) is 5.41 Å². The van der Waals surface area contributed by atoms with Gasteiger partial charge in [0.05, 0.1) is 0 Å². The first-order valence-corrected chi connectivity index (χ1v) is 3.85. The lowest BCUT2D eigenvalue weighted by atomic mass is 9.99. The summed E-state index contributed by atoms with van der Waals surface area (Å²) in [5, 5.41) is 11.3. The van der Waals surface area contributed by atoms with E-state index < -0.39 is 23.2 Å². The third-order valence-corrected chi connectivity index (χ3v) is 2.94. The van der Waals surface area contributed by atoms with Crippen LogP contribution in [0.5, 0.6) is 0 Å². The van der Waals surface area contributed by atoms with Gasteiger partial charge in [-0.15, -0.1) is 0 Å². The molecule has 0 bridgehead atoms. The Labute approximate surface area is 67.8 Å². The molecule has 0 unspecified atom stereocenters. The normalized spacial score (nSPS) is 43.3. The van der Waals surface area contributed by atoms with Gasteiger partial charge in [0, 0.05) is 12.5 Å². The summed E-state index contributed by atoms with van der Waals surface area (Å²) in [4.78, 5) is 10.6. The molecule has 2 atom stereocenters. The molecule has 12 heavy (non-hydrogen) atoms. The summed E-state index contributed by atoms with van der Waals surface area (Å²) in [7, 11) is 0. The van der Waals surface area contributed by atoms with Gasteiger partial charge in [-0.3, -0.25) is 4.79 Å². The van der Waals surface area contributed by atoms with Crippen LogP contribution < -0.4 is 5.32 Å². The Balaban J connectivity index is 2.30. The predicted octanol–water partition coefficient (Wildman–Crippen LogP) is 0.316. The SMILES string of the molecule is O=C(O)[C@]12CNCC[C@@H]1C2(F)F. The number of carboxylic acids is 1. The van der Waals surface area contributed by atoms with E-state index >= 15 is 0 Å². The highest BCUT2D eigenvalue weighted by Gasteiger charge is 2.85. The molecule has 1 heterocycles. The Bertz CT molecular complexity index is 244. The van der Waals surface area contributed by atoms with Crippen LogP contribution in [-0.4, -0.2) is 30.1 Å². The number of aliphatic carboxylic acids is 1. The molecule has 68 valence electrons. The van der Waals surface area contributed by atoms with E-state index in [9.17, 15) is 13.6 Å². The number of hydrogen-bond donors (Lipinski definition) is 2. The van der Waals surface area contributed by atoms with E-state index in [4.69, 9.17) is 5.11 Å². The van der Waals surface area contributed by atoms with Gasteiger partial charge in [0.1, 0.15) is 0 Å². The van der Waals surface area contributed by atoms with Crippen LogP contribution in [0.2, 0.25) is 0 Å². The van der Waals surface area contributed by atoms with Crippen LogP contribution in [0.15, 0.2) is 0 Å². The molecule has 1 aliphatic carbocycles. The zero-order valence-corrected chi connectivity index (χ0v) is 6.31. The van der Waals surface area contributed by atoms with Crippen molar-refractivity contribution in [3.05, 3.63) is 0 Å². The van der Waals surface area contributed by atoms with Crippen LogP contribution in [0.3, 0.4) is 0 Å². The van der Waals surface area contributed by atoms with Crippen LogP contribution in [0.25, 0.3) is 0 Å². The van der Waals surface area contributed by atoms with E-state index in [1.54, 1.807) is 0 Å². The van der Waals surface area contributed by atoms with E-state index in [0.717, 1.165) is 0 Å². The Morgan fingerprint density at radius 1 is 1.58 bits per heavy atom. The van der Waals surface area contributed by atoms with E-state index in [-0.39, 0.29) is 13.0 Å². The Morgan fingerprint density at radius 2 is 2.25 bits per heavy atom. The lowest BCUT2D eigenvalue weighted by Gasteiger charge is -2.16. The zero-order chi connectivity index (χ0) is 8.98. The number of fused-ring (bicyclic) bond motifs is 1. The molecule has 2 aliphatic rings. The smallest absolute Gasteiger partial charge is 0.317 e. The highest BCUT2D eigenvalue weighted by Crippen LogP contribution is 2.68. The van der Waals surface area contributed by atoms with Crippen molar-refractivity contribution in [2.75, 3.05) is 13.1 Å². The summed E-state index contributed by atoms with van der Waals surface area (Å²) in [5.41, 5.74) is -1.79. The molecule has 5 heteroatoms. The van der Waals surface area contributed by atoms with Crippen molar-refractivity contribution in [2.45, 2.75) is 12.3 Å². The molecule has 3 nitrogen and oxygen atoms in total. The van der Waals surface area contributed by atoms with Crippen LogP contribution in [0.1, 0.15) is 6.42 Å². The highest BCUT2D eigenvalue weighted by atomic mass is 19.3. The van der Waals surface area contributed by atoms with Gasteiger partial charge < -0.3 is 10.4 Å². The molecular weight excluding hydrogens is 168 g/mol. The number of carbonyl (C=O) groups is 1. The minimum atomic E-state index is -3.00. The van der Waals surface area contributed by atoms with Crippen LogP contribution in [0.4, 0.5) is 8.78 Å². The fraction of sp³-hybridized carbons (Fsp3) is 0.857. The maximum Gasteiger partial charge on any atom is 0.317 e. The summed E-state index contributed by atoms with van der Waals surface area (Å²) >= 11 is 0. The fourth-order valence-electron chi connectivity index (χ4n) is 2.10. The van der Waals surface area contributed by atoms with Crippen molar-refractivity contribution >= 4 is 5.97 Å². The Hall–Kier alpha value is -0.710. The van der Waals surface area contributed by atoms with Gasteiger partial charge in [0.2, 0.25) is 0 Å². The van der Waals surface area contributed by atoms with E-state index in [1.807, 2.05) is 0 Å². The highest BCUT2D eigenvalue weighted by molar-refractivity contribution is 5.82. The molecule has 2 N–H and O–H groups in total. The number of piperidine rings is 1. The molecule has 1 saturated heterocycles. The molecule has 2 fully saturated rings. The Kier molecular flexibility index (Phi) is 1.29. The summed E-state index contributed by atoms with van der Waals surface area (Å²) < 4.78 is 26.0. The fourth-order valence-corrected chi connectivity index (χ4v) is 2.10. The van der Waals surface area contributed by atoms with Crippen molar-refractivity contribution in [3.63, 3.8) is 0 Å². The maximum atomic E-state index is 13.0. The second-order valence-electron chi connectivity index (χ2n) is 3.42. The first kappa shape index (κ1) is 7.91. The topological polar surface area (TPSA) is 49.3 Å². The van der Waals surface area contributed by atoms with E-state index in [0.29, 0.717) is 6.54 Å². The number of rotatable bonds is 1. The number of hydrogen-bond acceptors (Lipinski definition) is 2. The van der Waals surface area contributed by atoms with Crippen LogP contribution in [0, 0.1) is 11.3 Å². The molecule has 1 saturated carbocycles. The number of alkyl halides is 2. The van der Waals surface area contributed by atoms with Gasteiger partial charge in [0.25, 0.3) is 5.92 Å². The minimum Gasteiger partial charge on any atom is -0.481 e. The minimum absolute atomic E-state index is 0.0972. The molecule has 0 amide bonds. The maximum absolute atomic E-state index is 13.0. The van der Waals surface area contributed by atoms with Gasteiger partial charge >= 0.3 is 5.97 Å². The zero-order valence-electron chi connectivity index (χ0n) is 6.31. The first-order valence-electron chi connectivity index (χ1n) is 3.85. The molecule has 2 rings (SSSR count). The second-order valence-corrected chi connectivity index (χ2v) is 3.42. The average Bonchev–Trinajstić information content (AvgIpc) is 2.52. The first-order chi connectivity index (χ1) is 5.53. The third kappa shape index (κ3) is 0.612. The van der Waals surface area contributed by atoms with Gasteiger partial charge in [-0.1, -0.05) is 0 Å². The van der Waals surface area contributed by atoms with Crippen molar-refractivity contribution < 1.29 is 18.7 Å². The lowest BCUT2D eigenvalue weighted by Crippen LogP contribution is -2.38.